The molecule has 2 aliphatic rings. The number of anilines is 1. The molecule has 0 bridgehead atoms. The molecule has 0 spiro atoms. The lowest BCUT2D eigenvalue weighted by atomic mass is 9.93. The lowest BCUT2D eigenvalue weighted by molar-refractivity contribution is -0.118. The van der Waals surface area contributed by atoms with Crippen molar-refractivity contribution >= 4 is 11.6 Å². The average molecular weight is 354 g/mol. The molecular formula is C21H23FN2O2. The Morgan fingerprint density at radius 1 is 1.15 bits per heavy atom. The monoisotopic (exact) mass is 354 g/mol. The highest BCUT2D eigenvalue weighted by Gasteiger charge is 2.37. The highest BCUT2D eigenvalue weighted by molar-refractivity contribution is 5.95. The zero-order chi connectivity index (χ0) is 18.3. The molecule has 2 aromatic carbocycles. The van der Waals surface area contributed by atoms with Crippen molar-refractivity contribution in [1.29, 1.82) is 0 Å². The molecule has 0 aliphatic carbocycles. The van der Waals surface area contributed by atoms with Gasteiger partial charge in [0.05, 0.1) is 0 Å². The van der Waals surface area contributed by atoms with Crippen LogP contribution in [0.5, 0.6) is 0 Å². The van der Waals surface area contributed by atoms with Gasteiger partial charge in [-0.2, -0.15) is 0 Å². The molecule has 1 fully saturated rings. The van der Waals surface area contributed by atoms with Gasteiger partial charge >= 0.3 is 0 Å². The maximum atomic E-state index is 13.1. The lowest BCUT2D eigenvalue weighted by Crippen LogP contribution is -2.32. The summed E-state index contributed by atoms with van der Waals surface area (Å²) < 4.78 is 13.1. The summed E-state index contributed by atoms with van der Waals surface area (Å²) in [6.45, 7) is 2.09. The molecule has 2 heterocycles. The highest BCUT2D eigenvalue weighted by Crippen LogP contribution is 2.34. The van der Waals surface area contributed by atoms with Gasteiger partial charge in [-0.15, -0.1) is 0 Å². The topological polar surface area (TPSA) is 43.8 Å². The van der Waals surface area contributed by atoms with E-state index in [1.165, 1.54) is 23.3 Å². The molecule has 1 amide bonds. The first-order valence-electron chi connectivity index (χ1n) is 9.04. The van der Waals surface area contributed by atoms with Crippen LogP contribution in [-0.4, -0.2) is 36.1 Å². The van der Waals surface area contributed by atoms with Crippen molar-refractivity contribution in [2.75, 3.05) is 25.0 Å². The molecule has 0 radical (unpaired) electrons. The Bertz CT molecular complexity index is 836. The van der Waals surface area contributed by atoms with E-state index in [9.17, 15) is 14.3 Å². The fraction of sp³-hybridized carbons (Fsp3) is 0.381. The number of amides is 1. The first kappa shape index (κ1) is 17.2. The number of halogens is 1. The van der Waals surface area contributed by atoms with Gasteiger partial charge in [-0.25, -0.2) is 4.39 Å². The Morgan fingerprint density at radius 2 is 1.92 bits per heavy atom. The third kappa shape index (κ3) is 3.13. The molecule has 136 valence electrons. The summed E-state index contributed by atoms with van der Waals surface area (Å²) in [5.74, 6) is -0.126. The number of hydrogen-bond acceptors (Lipinski definition) is 3. The molecule has 1 unspecified atom stereocenters. The molecule has 0 aromatic heterocycles. The van der Waals surface area contributed by atoms with Crippen LogP contribution in [0.2, 0.25) is 0 Å². The molecule has 4 rings (SSSR count). The molecule has 1 N–H and O–H groups in total. The van der Waals surface area contributed by atoms with Gasteiger partial charge in [0.25, 0.3) is 0 Å². The summed E-state index contributed by atoms with van der Waals surface area (Å²) in [5.41, 5.74) is 3.24. The van der Waals surface area contributed by atoms with Crippen molar-refractivity contribution in [3.63, 3.8) is 0 Å². The number of β-amino-alcohol motifs (C(OH)–C–C–N with tert-alkyl or cyclic N) is 1. The van der Waals surface area contributed by atoms with Crippen LogP contribution in [0.4, 0.5) is 10.1 Å². The number of aliphatic hydroxyl groups is 1. The average Bonchev–Trinajstić information content (AvgIpc) is 3.01. The van der Waals surface area contributed by atoms with E-state index in [0.29, 0.717) is 19.4 Å². The first-order valence-corrected chi connectivity index (χ1v) is 9.04. The number of aryl methyl sites for hydroxylation is 1. The predicted octanol–water partition coefficient (Wildman–Crippen LogP) is 2.83. The largest absolute Gasteiger partial charge is 0.384 e. The quantitative estimate of drug-likeness (QED) is 0.922. The second kappa shape index (κ2) is 6.49. The number of nitrogens with zero attached hydrogens (tertiary/aromatic N) is 2. The minimum absolute atomic E-state index is 0.161. The summed E-state index contributed by atoms with van der Waals surface area (Å²) in [6, 6.07) is 12.4. The van der Waals surface area contributed by atoms with E-state index in [1.54, 1.807) is 17.0 Å². The van der Waals surface area contributed by atoms with E-state index in [0.717, 1.165) is 30.8 Å². The summed E-state index contributed by atoms with van der Waals surface area (Å²) in [4.78, 5) is 15.8. The zero-order valence-electron chi connectivity index (χ0n) is 14.9. The lowest BCUT2D eigenvalue weighted by Gasteiger charge is -2.27. The van der Waals surface area contributed by atoms with Crippen molar-refractivity contribution in [3.8, 4) is 0 Å². The number of benzene rings is 2. The van der Waals surface area contributed by atoms with Gasteiger partial charge in [-0.3, -0.25) is 9.69 Å². The number of carbonyl (C=O) groups excluding carboxylic acids is 1. The molecule has 4 nitrogen and oxygen atoms in total. The summed E-state index contributed by atoms with van der Waals surface area (Å²) >= 11 is 0. The zero-order valence-corrected chi connectivity index (χ0v) is 14.9. The van der Waals surface area contributed by atoms with Crippen LogP contribution in [0, 0.1) is 5.82 Å². The summed E-state index contributed by atoms with van der Waals surface area (Å²) in [7, 11) is 1.82. The van der Waals surface area contributed by atoms with Crippen LogP contribution in [0.1, 0.15) is 29.5 Å². The van der Waals surface area contributed by atoms with Gasteiger partial charge in [0.1, 0.15) is 11.4 Å². The van der Waals surface area contributed by atoms with Crippen molar-refractivity contribution in [3.05, 3.63) is 65.0 Å². The molecule has 26 heavy (non-hydrogen) atoms. The number of fused-ring (bicyclic) bond motifs is 1. The second-order valence-electron chi connectivity index (χ2n) is 7.41. The van der Waals surface area contributed by atoms with Gasteiger partial charge in [0.15, 0.2) is 0 Å². The Labute approximate surface area is 152 Å². The van der Waals surface area contributed by atoms with E-state index in [4.69, 9.17) is 0 Å². The predicted molar refractivity (Wildman–Crippen MR) is 98.4 cm³/mol. The van der Waals surface area contributed by atoms with Gasteiger partial charge in [-0.1, -0.05) is 24.3 Å². The van der Waals surface area contributed by atoms with Gasteiger partial charge in [0.2, 0.25) is 5.91 Å². The van der Waals surface area contributed by atoms with Crippen LogP contribution < -0.4 is 4.90 Å². The number of carbonyl (C=O) groups is 1. The second-order valence-corrected chi connectivity index (χ2v) is 7.41. The molecule has 2 aliphatic heterocycles. The van der Waals surface area contributed by atoms with Crippen LogP contribution in [0.25, 0.3) is 0 Å². The number of hydrogen-bond donors (Lipinski definition) is 1. The van der Waals surface area contributed by atoms with Gasteiger partial charge in [-0.05, 0) is 47.7 Å². The standard InChI is InChI=1S/C21H23FN2O2/c1-23-19-8-2-15(12-16(19)3-9-20(23)25)13-24-11-10-21(26,14-24)17-4-6-18(22)7-5-17/h2,4-8,12,26H,3,9-11,13-14H2,1H3. The van der Waals surface area contributed by atoms with E-state index in [-0.39, 0.29) is 11.7 Å². The van der Waals surface area contributed by atoms with Crippen LogP contribution in [0.3, 0.4) is 0 Å². The number of rotatable bonds is 3. The van der Waals surface area contributed by atoms with Gasteiger partial charge < -0.3 is 10.0 Å². The molecule has 1 atom stereocenters. The molecule has 0 saturated carbocycles. The van der Waals surface area contributed by atoms with Crippen molar-refractivity contribution < 1.29 is 14.3 Å². The summed E-state index contributed by atoms with van der Waals surface area (Å²) in [5, 5.41) is 10.9. The smallest absolute Gasteiger partial charge is 0.227 e. The van der Waals surface area contributed by atoms with Crippen molar-refractivity contribution in [2.45, 2.75) is 31.4 Å². The maximum Gasteiger partial charge on any atom is 0.227 e. The fourth-order valence-electron chi connectivity index (χ4n) is 4.07. The number of likely N-dealkylation sites (tertiary alicyclic amines) is 1. The first-order chi connectivity index (χ1) is 12.4. The molecule has 5 heteroatoms. The SMILES string of the molecule is CN1C(=O)CCc2cc(CN3CCC(O)(c4ccc(F)cc4)C3)ccc21. The third-order valence-electron chi connectivity index (χ3n) is 5.60. The minimum atomic E-state index is -0.922. The maximum absolute atomic E-state index is 13.1. The molecule has 1 saturated heterocycles. The van der Waals surface area contributed by atoms with Crippen molar-refractivity contribution in [2.24, 2.45) is 0 Å². The Morgan fingerprint density at radius 3 is 2.69 bits per heavy atom. The third-order valence-corrected chi connectivity index (χ3v) is 5.60. The van der Waals surface area contributed by atoms with E-state index in [1.807, 2.05) is 13.1 Å². The molecular weight excluding hydrogens is 331 g/mol. The Balaban J connectivity index is 1.47. The van der Waals surface area contributed by atoms with Crippen molar-refractivity contribution in [1.82, 2.24) is 4.90 Å². The van der Waals surface area contributed by atoms with Crippen LogP contribution in [-0.2, 0) is 23.4 Å². The Hall–Kier alpha value is -2.24. The highest BCUT2D eigenvalue weighted by atomic mass is 19.1. The van der Waals surface area contributed by atoms with E-state index >= 15 is 0 Å². The van der Waals surface area contributed by atoms with E-state index in [2.05, 4.69) is 17.0 Å². The van der Waals surface area contributed by atoms with Gasteiger partial charge in [0, 0.05) is 38.8 Å². The fourth-order valence-corrected chi connectivity index (χ4v) is 4.07. The normalized spacial score (nSPS) is 23.3. The van der Waals surface area contributed by atoms with Crippen LogP contribution >= 0.6 is 0 Å². The minimum Gasteiger partial charge on any atom is -0.384 e. The van der Waals surface area contributed by atoms with E-state index < -0.39 is 5.60 Å². The summed E-state index contributed by atoms with van der Waals surface area (Å²) in [6.07, 6.45) is 1.98. The molecule has 2 aromatic rings. The van der Waals surface area contributed by atoms with Crippen LogP contribution in [0.15, 0.2) is 42.5 Å². The Kier molecular flexibility index (Phi) is 4.29.